The molecule has 0 unspecified atom stereocenters. The third-order valence-corrected chi connectivity index (χ3v) is 6.06. The summed E-state index contributed by atoms with van der Waals surface area (Å²) in [5.74, 6) is 1.42. The van der Waals surface area contributed by atoms with Gasteiger partial charge >= 0.3 is 168 Å². The van der Waals surface area contributed by atoms with E-state index in [2.05, 4.69) is 16.0 Å². The van der Waals surface area contributed by atoms with Gasteiger partial charge in [0, 0.05) is 0 Å². The number of hydrogen-bond donors (Lipinski definition) is 0. The van der Waals surface area contributed by atoms with Crippen molar-refractivity contribution in [1.29, 1.82) is 5.26 Å². The summed E-state index contributed by atoms with van der Waals surface area (Å²) in [7, 11) is 0. The predicted molar refractivity (Wildman–Crippen MR) is 109 cm³/mol. The maximum absolute atomic E-state index is 9.59. The first-order valence-corrected chi connectivity index (χ1v) is 10.4. The molecule has 4 rings (SSSR count). The fourth-order valence-corrected chi connectivity index (χ4v) is 4.42. The SMILES string of the molecule is N#CC(=Cc1ccc(-c2ccccc2)o1)c1nc(-c2ccc(Cl)cc2)c[se]1. The van der Waals surface area contributed by atoms with Gasteiger partial charge in [-0.3, -0.25) is 0 Å². The van der Waals surface area contributed by atoms with Crippen molar-refractivity contribution in [2.24, 2.45) is 0 Å². The van der Waals surface area contributed by atoms with E-state index >= 15 is 0 Å². The third-order valence-electron chi connectivity index (χ3n) is 3.97. The molecule has 0 saturated heterocycles. The van der Waals surface area contributed by atoms with Gasteiger partial charge in [-0.2, -0.15) is 0 Å². The van der Waals surface area contributed by atoms with Crippen LogP contribution in [0.25, 0.3) is 34.2 Å². The molecule has 0 spiro atoms. The van der Waals surface area contributed by atoms with Gasteiger partial charge < -0.3 is 0 Å². The average Bonchev–Trinajstić information content (AvgIpc) is 3.37. The minimum absolute atomic E-state index is 0.00534. The summed E-state index contributed by atoms with van der Waals surface area (Å²) < 4.78 is 6.68. The van der Waals surface area contributed by atoms with E-state index in [0.29, 0.717) is 16.4 Å². The predicted octanol–water partition coefficient (Wildman–Crippen LogP) is 5.78. The van der Waals surface area contributed by atoms with Crippen LogP contribution in [0.4, 0.5) is 0 Å². The van der Waals surface area contributed by atoms with Gasteiger partial charge in [0.25, 0.3) is 0 Å². The van der Waals surface area contributed by atoms with Crippen LogP contribution in [-0.2, 0) is 0 Å². The fourth-order valence-electron chi connectivity index (χ4n) is 2.62. The van der Waals surface area contributed by atoms with Crippen LogP contribution in [-0.4, -0.2) is 19.5 Å². The molecular formula is C22H13ClN2OSe. The first-order valence-electron chi connectivity index (χ1n) is 8.22. The summed E-state index contributed by atoms with van der Waals surface area (Å²) in [6.07, 6.45) is 1.76. The van der Waals surface area contributed by atoms with Gasteiger partial charge in [-0.1, -0.05) is 0 Å². The molecule has 0 bridgehead atoms. The van der Waals surface area contributed by atoms with Crippen LogP contribution in [0.2, 0.25) is 5.02 Å². The van der Waals surface area contributed by atoms with Crippen LogP contribution in [0.3, 0.4) is 0 Å². The summed E-state index contributed by atoms with van der Waals surface area (Å²) in [5, 5.41) is 10.3. The van der Waals surface area contributed by atoms with Crippen molar-refractivity contribution in [2.45, 2.75) is 0 Å². The molecule has 2 heterocycles. The first-order chi connectivity index (χ1) is 13.2. The van der Waals surface area contributed by atoms with Crippen LogP contribution < -0.4 is 0 Å². The van der Waals surface area contributed by atoms with Crippen LogP contribution >= 0.6 is 11.6 Å². The second-order valence-electron chi connectivity index (χ2n) is 5.78. The van der Waals surface area contributed by atoms with Gasteiger partial charge in [0.2, 0.25) is 0 Å². The van der Waals surface area contributed by atoms with Gasteiger partial charge in [0.1, 0.15) is 0 Å². The van der Waals surface area contributed by atoms with Crippen LogP contribution in [0, 0.1) is 11.3 Å². The van der Waals surface area contributed by atoms with E-state index in [9.17, 15) is 5.26 Å². The summed E-state index contributed by atoms with van der Waals surface area (Å²) in [6, 6.07) is 23.5. The number of benzene rings is 2. The number of aromatic nitrogens is 1. The number of nitrogens with zero attached hydrogens (tertiary/aromatic N) is 2. The Morgan fingerprint density at radius 1 is 1.00 bits per heavy atom. The molecule has 0 radical (unpaired) electrons. The van der Waals surface area contributed by atoms with Gasteiger partial charge in [-0.25, -0.2) is 0 Å². The molecule has 3 nitrogen and oxygen atoms in total. The zero-order chi connectivity index (χ0) is 18.6. The molecule has 130 valence electrons. The van der Waals surface area contributed by atoms with E-state index in [1.807, 2.05) is 66.7 Å². The fraction of sp³-hybridized carbons (Fsp3) is 0. The topological polar surface area (TPSA) is 49.8 Å². The van der Waals surface area contributed by atoms with Crippen molar-refractivity contribution in [2.75, 3.05) is 0 Å². The number of furan rings is 1. The Hall–Kier alpha value is -2.83. The van der Waals surface area contributed by atoms with E-state index in [0.717, 1.165) is 27.1 Å². The van der Waals surface area contributed by atoms with Gasteiger partial charge in [0.05, 0.1) is 0 Å². The van der Waals surface area contributed by atoms with Crippen molar-refractivity contribution in [1.82, 2.24) is 4.98 Å². The Kier molecular flexibility index (Phi) is 5.09. The van der Waals surface area contributed by atoms with E-state index in [1.165, 1.54) is 0 Å². The van der Waals surface area contributed by atoms with Crippen LogP contribution in [0.5, 0.6) is 0 Å². The van der Waals surface area contributed by atoms with Gasteiger partial charge in [-0.15, -0.1) is 0 Å². The molecule has 27 heavy (non-hydrogen) atoms. The third kappa shape index (κ3) is 3.97. The Morgan fingerprint density at radius 2 is 1.78 bits per heavy atom. The second kappa shape index (κ2) is 7.82. The van der Waals surface area contributed by atoms with Crippen molar-refractivity contribution in [3.63, 3.8) is 0 Å². The number of nitriles is 1. The van der Waals surface area contributed by atoms with E-state index < -0.39 is 0 Å². The molecule has 2 aromatic heterocycles. The monoisotopic (exact) mass is 436 g/mol. The van der Waals surface area contributed by atoms with Crippen LogP contribution in [0.1, 0.15) is 10.3 Å². The molecular weight excluding hydrogens is 423 g/mol. The Labute approximate surface area is 167 Å². The molecule has 0 aliphatic carbocycles. The van der Waals surface area contributed by atoms with E-state index in [4.69, 9.17) is 16.0 Å². The number of halogens is 1. The molecule has 0 N–H and O–H groups in total. The second-order valence-corrected chi connectivity index (χ2v) is 8.02. The Bertz CT molecular complexity index is 1140. The molecule has 2 aromatic carbocycles. The summed E-state index contributed by atoms with van der Waals surface area (Å²) in [6.45, 7) is 0. The number of hydrogen-bond acceptors (Lipinski definition) is 3. The molecule has 0 aliphatic heterocycles. The molecule has 4 aromatic rings. The first kappa shape index (κ1) is 17.6. The minimum atomic E-state index is 0.00534. The van der Waals surface area contributed by atoms with Crippen molar-refractivity contribution >= 4 is 37.8 Å². The van der Waals surface area contributed by atoms with Gasteiger partial charge in [0.15, 0.2) is 0 Å². The Balaban J connectivity index is 1.62. The van der Waals surface area contributed by atoms with Crippen molar-refractivity contribution in [3.8, 4) is 28.7 Å². The summed E-state index contributed by atoms with van der Waals surface area (Å²) in [4.78, 5) is 6.73. The maximum atomic E-state index is 9.59. The average molecular weight is 436 g/mol. The molecule has 0 aliphatic rings. The normalized spacial score (nSPS) is 11.3. The molecule has 0 saturated carbocycles. The van der Waals surface area contributed by atoms with Crippen LogP contribution in [0.15, 0.2) is 76.1 Å². The van der Waals surface area contributed by atoms with E-state index in [1.54, 1.807) is 6.08 Å². The van der Waals surface area contributed by atoms with Crippen molar-refractivity contribution in [3.05, 3.63) is 87.0 Å². The molecule has 0 amide bonds. The van der Waals surface area contributed by atoms with Gasteiger partial charge in [-0.05, 0) is 0 Å². The number of allylic oxidation sites excluding steroid dienone is 1. The van der Waals surface area contributed by atoms with Crippen molar-refractivity contribution < 1.29 is 4.42 Å². The quantitative estimate of drug-likeness (QED) is 0.301. The number of rotatable bonds is 4. The Morgan fingerprint density at radius 3 is 2.52 bits per heavy atom. The zero-order valence-electron chi connectivity index (χ0n) is 14.1. The van der Waals surface area contributed by atoms with E-state index in [-0.39, 0.29) is 14.5 Å². The zero-order valence-corrected chi connectivity index (χ0v) is 16.6. The standard InChI is InChI=1S/C22H13ClN2OSe/c23-18-8-6-15(7-9-18)20-14-27-22(25-20)17(13-24)12-19-10-11-21(26-19)16-4-2-1-3-5-16/h1-12,14H. The summed E-state index contributed by atoms with van der Waals surface area (Å²) in [5.41, 5.74) is 3.42. The summed E-state index contributed by atoms with van der Waals surface area (Å²) >= 11 is 5.95. The molecule has 0 atom stereocenters. The molecule has 0 fully saturated rings. The molecule has 5 heteroatoms.